The van der Waals surface area contributed by atoms with Crippen molar-refractivity contribution in [2.45, 2.75) is 392 Å². The molecule has 1 amide bonds. The van der Waals surface area contributed by atoms with Crippen molar-refractivity contribution in [2.75, 3.05) is 13.2 Å². The number of hydrogen-bond acceptors (Lipinski definition) is 5. The van der Waals surface area contributed by atoms with E-state index in [0.29, 0.717) is 25.9 Å². The van der Waals surface area contributed by atoms with E-state index in [2.05, 4.69) is 55.6 Å². The predicted octanol–water partition coefficient (Wildman–Crippen LogP) is 22.3. The molecular weight excluding hydrogens is 947 g/mol. The second-order valence-electron chi connectivity index (χ2n) is 23.9. The largest absolute Gasteiger partial charge is 0.466 e. The first-order chi connectivity index (χ1) is 38.0. The lowest BCUT2D eigenvalue weighted by Crippen LogP contribution is -2.45. The van der Waals surface area contributed by atoms with Crippen LogP contribution < -0.4 is 5.32 Å². The highest BCUT2D eigenvalue weighted by molar-refractivity contribution is 5.76. The average molecular weight is 1080 g/mol. The Morgan fingerprint density at radius 2 is 0.662 bits per heavy atom. The number of carbonyl (C=O) groups excluding carboxylic acids is 2. The zero-order valence-electron chi connectivity index (χ0n) is 52.0. The Kier molecular flexibility index (Phi) is 64.9. The number of hydrogen-bond donors (Lipinski definition) is 3. The molecule has 0 aliphatic heterocycles. The quantitative estimate of drug-likeness (QED) is 0.0320. The summed E-state index contributed by atoms with van der Waals surface area (Å²) in [6, 6.07) is -0.542. The van der Waals surface area contributed by atoms with E-state index in [4.69, 9.17) is 4.74 Å². The van der Waals surface area contributed by atoms with Gasteiger partial charge in [0.1, 0.15) is 0 Å². The molecule has 454 valence electrons. The predicted molar refractivity (Wildman–Crippen MR) is 338 cm³/mol. The summed E-state index contributed by atoms with van der Waals surface area (Å²) in [5.41, 5.74) is 0. The van der Waals surface area contributed by atoms with Gasteiger partial charge in [0, 0.05) is 12.8 Å². The van der Waals surface area contributed by atoms with E-state index < -0.39 is 12.1 Å². The molecule has 2 atom stereocenters. The van der Waals surface area contributed by atoms with Crippen LogP contribution in [0.1, 0.15) is 380 Å². The zero-order chi connectivity index (χ0) is 55.7. The second-order valence-corrected chi connectivity index (χ2v) is 23.9. The number of carbonyl (C=O) groups is 2. The van der Waals surface area contributed by atoms with E-state index in [1.165, 1.54) is 295 Å². The van der Waals surface area contributed by atoms with Gasteiger partial charge in [0.15, 0.2) is 0 Å². The third kappa shape index (κ3) is 63.1. The Bertz CT molecular complexity index is 1250. The number of esters is 1. The monoisotopic (exact) mass is 1080 g/mol. The Morgan fingerprint density at radius 3 is 1.04 bits per heavy atom. The molecule has 0 rings (SSSR count). The van der Waals surface area contributed by atoms with Crippen LogP contribution in [0.4, 0.5) is 0 Å². The molecule has 6 nitrogen and oxygen atoms in total. The fraction of sp³-hybridized carbons (Fsp3) is 0.887. The van der Waals surface area contributed by atoms with E-state index in [9.17, 15) is 19.8 Å². The molecule has 0 aromatic heterocycles. The fourth-order valence-corrected chi connectivity index (χ4v) is 10.8. The second kappa shape index (κ2) is 66.6. The molecule has 0 fully saturated rings. The van der Waals surface area contributed by atoms with Crippen LogP contribution in [0.25, 0.3) is 0 Å². The van der Waals surface area contributed by atoms with Crippen molar-refractivity contribution in [2.24, 2.45) is 0 Å². The summed E-state index contributed by atoms with van der Waals surface area (Å²) in [5, 5.41) is 23.4. The van der Waals surface area contributed by atoms with Crippen LogP contribution in [0.5, 0.6) is 0 Å². The van der Waals surface area contributed by atoms with Crippen LogP contribution in [0.3, 0.4) is 0 Å². The number of aliphatic hydroxyl groups excluding tert-OH is 2. The van der Waals surface area contributed by atoms with Crippen LogP contribution >= 0.6 is 0 Å². The van der Waals surface area contributed by atoms with Crippen molar-refractivity contribution in [3.8, 4) is 0 Å². The molecule has 0 bridgehead atoms. The molecule has 0 saturated heterocycles. The van der Waals surface area contributed by atoms with Gasteiger partial charge < -0.3 is 20.3 Å². The maximum absolute atomic E-state index is 12.5. The molecule has 0 aromatic carbocycles. The number of allylic oxidation sites excluding steroid dienone is 6. The summed E-state index contributed by atoms with van der Waals surface area (Å²) in [6.45, 7) is 4.94. The maximum Gasteiger partial charge on any atom is 0.305 e. The molecule has 0 aliphatic carbocycles. The van der Waals surface area contributed by atoms with Gasteiger partial charge in [0.25, 0.3) is 0 Å². The molecule has 77 heavy (non-hydrogen) atoms. The van der Waals surface area contributed by atoms with Crippen molar-refractivity contribution in [3.63, 3.8) is 0 Å². The van der Waals surface area contributed by atoms with Crippen molar-refractivity contribution in [3.05, 3.63) is 36.5 Å². The number of ether oxygens (including phenoxy) is 1. The highest BCUT2D eigenvalue weighted by atomic mass is 16.5. The third-order valence-electron chi connectivity index (χ3n) is 16.2. The highest BCUT2D eigenvalue weighted by Gasteiger charge is 2.20. The van der Waals surface area contributed by atoms with Crippen molar-refractivity contribution in [1.82, 2.24) is 5.32 Å². The maximum atomic E-state index is 12.5. The Labute approximate surface area is 481 Å². The van der Waals surface area contributed by atoms with Gasteiger partial charge in [0.2, 0.25) is 5.91 Å². The molecule has 0 aromatic rings. The first kappa shape index (κ1) is 75.1. The summed E-state index contributed by atoms with van der Waals surface area (Å²) >= 11 is 0. The molecule has 0 aliphatic rings. The minimum atomic E-state index is -0.664. The molecule has 0 saturated carbocycles. The summed E-state index contributed by atoms with van der Waals surface area (Å²) < 4.78 is 5.46. The van der Waals surface area contributed by atoms with Crippen molar-refractivity contribution >= 4 is 11.9 Å². The van der Waals surface area contributed by atoms with Crippen LogP contribution in [0.15, 0.2) is 36.5 Å². The molecule has 0 radical (unpaired) electrons. The van der Waals surface area contributed by atoms with Gasteiger partial charge in [-0.15, -0.1) is 0 Å². The van der Waals surface area contributed by atoms with Gasteiger partial charge in [-0.1, -0.05) is 326 Å². The van der Waals surface area contributed by atoms with Gasteiger partial charge >= 0.3 is 5.97 Å². The Hall–Kier alpha value is -1.92. The van der Waals surface area contributed by atoms with Crippen molar-refractivity contribution < 1.29 is 24.5 Å². The molecular formula is C71H135NO5. The van der Waals surface area contributed by atoms with Crippen LogP contribution in [-0.2, 0) is 14.3 Å². The van der Waals surface area contributed by atoms with Gasteiger partial charge in [-0.25, -0.2) is 0 Å². The SMILES string of the molecule is CCCC/C=C\CCCCCCCC(=O)OCCCCCCCCCCC/C=C\C/C=C\CCCCCCCCCCCCCCCCCC(=O)NC(CO)C(O)CCCCCCCCCCCCCCCCCCCC. The van der Waals surface area contributed by atoms with E-state index >= 15 is 0 Å². The summed E-state index contributed by atoms with van der Waals surface area (Å²) in [4.78, 5) is 24.5. The van der Waals surface area contributed by atoms with Gasteiger partial charge in [-0.05, 0) is 77.0 Å². The first-order valence-corrected chi connectivity index (χ1v) is 34.7. The van der Waals surface area contributed by atoms with E-state index in [1.54, 1.807) is 0 Å². The fourth-order valence-electron chi connectivity index (χ4n) is 10.8. The minimum absolute atomic E-state index is 0.00227. The number of unbranched alkanes of at least 4 members (excludes halogenated alkanes) is 48. The van der Waals surface area contributed by atoms with Gasteiger partial charge in [-0.2, -0.15) is 0 Å². The Morgan fingerprint density at radius 1 is 0.364 bits per heavy atom. The molecule has 3 N–H and O–H groups in total. The van der Waals surface area contributed by atoms with Crippen LogP contribution in [0, 0.1) is 0 Å². The lowest BCUT2D eigenvalue weighted by Gasteiger charge is -2.22. The number of aliphatic hydroxyl groups is 2. The lowest BCUT2D eigenvalue weighted by molar-refractivity contribution is -0.143. The smallest absolute Gasteiger partial charge is 0.305 e. The summed E-state index contributed by atoms with van der Waals surface area (Å²) in [7, 11) is 0. The van der Waals surface area contributed by atoms with Gasteiger partial charge in [0.05, 0.1) is 25.4 Å². The first-order valence-electron chi connectivity index (χ1n) is 34.7. The van der Waals surface area contributed by atoms with E-state index in [0.717, 1.165) is 51.4 Å². The highest BCUT2D eigenvalue weighted by Crippen LogP contribution is 2.18. The molecule has 6 heteroatoms. The normalized spacial score (nSPS) is 12.7. The lowest BCUT2D eigenvalue weighted by atomic mass is 10.0. The summed E-state index contributed by atoms with van der Waals surface area (Å²) in [6.07, 6.45) is 84.8. The van der Waals surface area contributed by atoms with Crippen LogP contribution in [0.2, 0.25) is 0 Å². The Balaban J connectivity index is 3.40. The number of amides is 1. The van der Waals surface area contributed by atoms with E-state index in [1.807, 2.05) is 0 Å². The molecule has 2 unspecified atom stereocenters. The standard InChI is InChI=1S/C71H135NO5/c1-3-5-7-9-11-13-15-16-17-18-34-37-40-44-47-51-55-59-63-69(74)68(67-73)72-70(75)64-60-56-52-48-45-41-38-35-32-30-28-26-24-22-20-19-21-23-25-27-29-31-33-36-39-42-46-50-54-58-62-66-77-71(76)65-61-57-53-49-43-14-12-10-8-6-4-2/h10,12,21,23,27,29,68-69,73-74H,3-9,11,13-20,22,24-26,28,30-67H2,1-2H3,(H,72,75)/b12-10-,23-21-,29-27-. The van der Waals surface area contributed by atoms with Gasteiger partial charge in [-0.3, -0.25) is 9.59 Å². The average Bonchev–Trinajstić information content (AvgIpc) is 3.43. The van der Waals surface area contributed by atoms with Crippen LogP contribution in [-0.4, -0.2) is 47.4 Å². The van der Waals surface area contributed by atoms with E-state index in [-0.39, 0.29) is 18.5 Å². The molecule has 0 spiro atoms. The zero-order valence-corrected chi connectivity index (χ0v) is 52.0. The number of nitrogens with one attached hydrogen (secondary N) is 1. The number of rotatable bonds is 65. The summed E-state index contributed by atoms with van der Waals surface area (Å²) in [5.74, 6) is -0.0288. The topological polar surface area (TPSA) is 95.9 Å². The minimum Gasteiger partial charge on any atom is -0.466 e. The molecule has 0 heterocycles. The van der Waals surface area contributed by atoms with Crippen molar-refractivity contribution in [1.29, 1.82) is 0 Å². The third-order valence-corrected chi connectivity index (χ3v) is 16.2.